The molecule has 1 aliphatic rings. The summed E-state index contributed by atoms with van der Waals surface area (Å²) in [5.41, 5.74) is 6.47. The van der Waals surface area contributed by atoms with Crippen molar-refractivity contribution in [3.63, 3.8) is 0 Å². The molecule has 1 amide bonds. The lowest BCUT2D eigenvalue weighted by Gasteiger charge is -2.31. The summed E-state index contributed by atoms with van der Waals surface area (Å²) in [5, 5.41) is 0. The highest BCUT2D eigenvalue weighted by atomic mass is 35.5. The van der Waals surface area contributed by atoms with Gasteiger partial charge in [0.1, 0.15) is 11.5 Å². The lowest BCUT2D eigenvalue weighted by atomic mass is 10.0. The van der Waals surface area contributed by atoms with Crippen LogP contribution in [0.2, 0.25) is 0 Å². The Morgan fingerprint density at radius 2 is 2.10 bits per heavy atom. The number of ether oxygens (including phenoxy) is 2. The highest BCUT2D eigenvalue weighted by molar-refractivity contribution is 5.97. The maximum atomic E-state index is 12.5. The van der Waals surface area contributed by atoms with Crippen LogP contribution in [0.3, 0.4) is 0 Å². The summed E-state index contributed by atoms with van der Waals surface area (Å²) in [4.78, 5) is 14.3. The van der Waals surface area contributed by atoms with Gasteiger partial charge in [-0.25, -0.2) is 0 Å². The lowest BCUT2D eigenvalue weighted by molar-refractivity contribution is 0.0705. The number of hydrogen-bond donors (Lipinski definition) is 1. The number of carbonyl (C=O) groups excluding carboxylic acids is 1. The minimum Gasteiger partial charge on any atom is -0.497 e. The van der Waals surface area contributed by atoms with Crippen molar-refractivity contribution >= 4 is 18.3 Å². The zero-order valence-electron chi connectivity index (χ0n) is 11.8. The van der Waals surface area contributed by atoms with E-state index in [4.69, 9.17) is 15.2 Å². The lowest BCUT2D eigenvalue weighted by Crippen LogP contribution is -2.45. The summed E-state index contributed by atoms with van der Waals surface area (Å²) in [6.45, 7) is 1.36. The Hall–Kier alpha value is -1.46. The van der Waals surface area contributed by atoms with Crippen molar-refractivity contribution in [1.82, 2.24) is 4.90 Å². The van der Waals surface area contributed by atoms with E-state index in [1.807, 2.05) is 0 Å². The van der Waals surface area contributed by atoms with Crippen molar-refractivity contribution in [2.24, 2.45) is 5.73 Å². The molecular formula is C14H21ClN2O3. The molecule has 0 saturated carbocycles. The third-order valence-electron chi connectivity index (χ3n) is 3.38. The number of hydrogen-bond acceptors (Lipinski definition) is 4. The van der Waals surface area contributed by atoms with Crippen LogP contribution in [0.4, 0.5) is 0 Å². The van der Waals surface area contributed by atoms with Crippen molar-refractivity contribution in [1.29, 1.82) is 0 Å². The topological polar surface area (TPSA) is 64.8 Å². The molecular weight excluding hydrogens is 280 g/mol. The molecule has 0 aromatic heterocycles. The average Bonchev–Trinajstić information content (AvgIpc) is 2.45. The second kappa shape index (κ2) is 7.36. The maximum absolute atomic E-state index is 12.5. The highest BCUT2D eigenvalue weighted by Gasteiger charge is 2.24. The van der Waals surface area contributed by atoms with Crippen LogP contribution in [0.5, 0.6) is 11.5 Å². The Morgan fingerprint density at radius 1 is 1.35 bits per heavy atom. The number of amides is 1. The first-order chi connectivity index (χ1) is 9.15. The molecule has 1 aliphatic heterocycles. The molecule has 2 N–H and O–H groups in total. The normalized spacial score (nSPS) is 18.1. The molecule has 0 bridgehead atoms. The molecule has 5 nitrogen and oxygen atoms in total. The molecule has 1 aromatic carbocycles. The second-order valence-electron chi connectivity index (χ2n) is 4.72. The fraction of sp³-hybridized carbons (Fsp3) is 0.500. The SMILES string of the molecule is COc1ccc(C(=O)N2CCC[C@@H](N)C2)c(OC)c1.Cl. The Balaban J connectivity index is 0.00000200. The first-order valence-corrected chi connectivity index (χ1v) is 6.42. The van der Waals surface area contributed by atoms with Crippen LogP contribution >= 0.6 is 12.4 Å². The summed E-state index contributed by atoms with van der Waals surface area (Å²) in [6, 6.07) is 5.29. The molecule has 20 heavy (non-hydrogen) atoms. The van der Waals surface area contributed by atoms with E-state index < -0.39 is 0 Å². The first-order valence-electron chi connectivity index (χ1n) is 6.42. The fourth-order valence-corrected chi connectivity index (χ4v) is 2.34. The predicted octanol–water partition coefficient (Wildman–Crippen LogP) is 1.69. The molecule has 1 fully saturated rings. The molecule has 1 saturated heterocycles. The van der Waals surface area contributed by atoms with Crippen LogP contribution in [0.15, 0.2) is 18.2 Å². The number of benzene rings is 1. The Kier molecular flexibility index (Phi) is 6.10. The number of likely N-dealkylation sites (tertiary alicyclic amines) is 1. The van der Waals surface area contributed by atoms with Crippen LogP contribution in [0, 0.1) is 0 Å². The van der Waals surface area contributed by atoms with Crippen LogP contribution < -0.4 is 15.2 Å². The van der Waals surface area contributed by atoms with E-state index in [2.05, 4.69) is 0 Å². The van der Waals surface area contributed by atoms with E-state index in [9.17, 15) is 4.79 Å². The van der Waals surface area contributed by atoms with Gasteiger partial charge in [0.05, 0.1) is 19.8 Å². The molecule has 0 spiro atoms. The summed E-state index contributed by atoms with van der Waals surface area (Å²) < 4.78 is 10.4. The van der Waals surface area contributed by atoms with E-state index >= 15 is 0 Å². The van der Waals surface area contributed by atoms with E-state index in [-0.39, 0.29) is 24.4 Å². The molecule has 112 valence electrons. The van der Waals surface area contributed by atoms with Gasteiger partial charge in [0.25, 0.3) is 5.91 Å². The van der Waals surface area contributed by atoms with Crippen molar-refractivity contribution in [3.8, 4) is 11.5 Å². The van der Waals surface area contributed by atoms with Crippen LogP contribution in [0.1, 0.15) is 23.2 Å². The largest absolute Gasteiger partial charge is 0.497 e. The molecule has 2 rings (SSSR count). The van der Waals surface area contributed by atoms with E-state index in [1.54, 1.807) is 37.3 Å². The second-order valence-corrected chi connectivity index (χ2v) is 4.72. The minimum absolute atomic E-state index is 0. The van der Waals surface area contributed by atoms with Gasteiger partial charge in [-0.15, -0.1) is 12.4 Å². The molecule has 0 aliphatic carbocycles. The number of methoxy groups -OCH3 is 2. The Bertz CT molecular complexity index is 468. The quantitative estimate of drug-likeness (QED) is 0.922. The maximum Gasteiger partial charge on any atom is 0.257 e. The smallest absolute Gasteiger partial charge is 0.257 e. The monoisotopic (exact) mass is 300 g/mol. The van der Waals surface area contributed by atoms with E-state index in [1.165, 1.54) is 0 Å². The van der Waals surface area contributed by atoms with Gasteiger partial charge in [0, 0.05) is 25.2 Å². The predicted molar refractivity (Wildman–Crippen MR) is 79.9 cm³/mol. The van der Waals surface area contributed by atoms with Crippen molar-refractivity contribution in [2.75, 3.05) is 27.3 Å². The zero-order chi connectivity index (χ0) is 13.8. The van der Waals surface area contributed by atoms with Crippen LogP contribution in [0.25, 0.3) is 0 Å². The molecule has 0 unspecified atom stereocenters. The van der Waals surface area contributed by atoms with Crippen molar-refractivity contribution in [2.45, 2.75) is 18.9 Å². The zero-order valence-corrected chi connectivity index (χ0v) is 12.6. The van der Waals surface area contributed by atoms with Crippen molar-refractivity contribution < 1.29 is 14.3 Å². The van der Waals surface area contributed by atoms with E-state index in [0.717, 1.165) is 19.4 Å². The Morgan fingerprint density at radius 3 is 2.70 bits per heavy atom. The number of piperidine rings is 1. The summed E-state index contributed by atoms with van der Waals surface area (Å²) in [5.74, 6) is 1.17. The third-order valence-corrected chi connectivity index (χ3v) is 3.38. The van der Waals surface area contributed by atoms with Gasteiger partial charge in [-0.2, -0.15) is 0 Å². The molecule has 1 aromatic rings. The summed E-state index contributed by atoms with van der Waals surface area (Å²) >= 11 is 0. The standard InChI is InChI=1S/C14H20N2O3.ClH/c1-18-11-5-6-12(13(8-11)19-2)14(17)16-7-3-4-10(15)9-16;/h5-6,8,10H,3-4,7,9,15H2,1-2H3;1H/t10-;/m1./s1. The molecule has 0 radical (unpaired) electrons. The number of nitrogens with zero attached hydrogens (tertiary/aromatic N) is 1. The minimum atomic E-state index is -0.0327. The summed E-state index contributed by atoms with van der Waals surface area (Å²) in [6.07, 6.45) is 1.93. The molecule has 1 atom stereocenters. The van der Waals surface area contributed by atoms with Crippen LogP contribution in [-0.4, -0.2) is 44.2 Å². The number of nitrogens with two attached hydrogens (primary N) is 1. The molecule has 6 heteroatoms. The van der Waals surface area contributed by atoms with Gasteiger partial charge >= 0.3 is 0 Å². The number of rotatable bonds is 3. The third kappa shape index (κ3) is 3.55. The van der Waals surface area contributed by atoms with Crippen molar-refractivity contribution in [3.05, 3.63) is 23.8 Å². The summed E-state index contributed by atoms with van der Waals surface area (Å²) in [7, 11) is 3.13. The average molecular weight is 301 g/mol. The highest BCUT2D eigenvalue weighted by Crippen LogP contribution is 2.26. The van der Waals surface area contributed by atoms with E-state index in [0.29, 0.717) is 23.6 Å². The van der Waals surface area contributed by atoms with Gasteiger partial charge in [-0.05, 0) is 25.0 Å². The number of carbonyl (C=O) groups is 1. The van der Waals surface area contributed by atoms with Gasteiger partial charge in [0.15, 0.2) is 0 Å². The van der Waals surface area contributed by atoms with Gasteiger partial charge in [-0.1, -0.05) is 0 Å². The van der Waals surface area contributed by atoms with Gasteiger partial charge in [0.2, 0.25) is 0 Å². The van der Waals surface area contributed by atoms with Crippen LogP contribution in [-0.2, 0) is 0 Å². The molecule has 1 heterocycles. The fourth-order valence-electron chi connectivity index (χ4n) is 2.34. The number of halogens is 1. The van der Waals surface area contributed by atoms with Gasteiger partial charge < -0.3 is 20.1 Å². The van der Waals surface area contributed by atoms with Gasteiger partial charge in [-0.3, -0.25) is 4.79 Å². The first kappa shape index (κ1) is 16.6. The Labute approximate surface area is 125 Å².